The van der Waals surface area contributed by atoms with E-state index >= 15 is 0 Å². The molecule has 0 saturated heterocycles. The highest BCUT2D eigenvalue weighted by molar-refractivity contribution is 7.13. The average molecular weight is 301 g/mol. The van der Waals surface area contributed by atoms with Crippen molar-refractivity contribution in [3.05, 3.63) is 35.6 Å². The van der Waals surface area contributed by atoms with Gasteiger partial charge in [0, 0.05) is 6.54 Å². The molecule has 1 fully saturated rings. The van der Waals surface area contributed by atoms with Crippen molar-refractivity contribution >= 4 is 17.2 Å². The Morgan fingerprint density at radius 1 is 1.43 bits per heavy atom. The van der Waals surface area contributed by atoms with Crippen LogP contribution in [-0.2, 0) is 0 Å². The van der Waals surface area contributed by atoms with Crippen LogP contribution in [0.3, 0.4) is 0 Å². The summed E-state index contributed by atoms with van der Waals surface area (Å²) in [4.78, 5) is 17.1. The third-order valence-electron chi connectivity index (χ3n) is 4.30. The first-order valence-corrected chi connectivity index (χ1v) is 8.01. The van der Waals surface area contributed by atoms with Gasteiger partial charge in [0.1, 0.15) is 0 Å². The molecule has 2 heterocycles. The van der Waals surface area contributed by atoms with Gasteiger partial charge in [-0.3, -0.25) is 4.79 Å². The zero-order chi connectivity index (χ0) is 14.2. The van der Waals surface area contributed by atoms with Crippen LogP contribution in [0.4, 0.5) is 0 Å². The third kappa shape index (κ3) is 2.40. The number of nitrogens with one attached hydrogen (secondary N) is 1. The molecule has 4 rings (SSSR count). The van der Waals surface area contributed by atoms with Gasteiger partial charge in [-0.1, -0.05) is 23.4 Å². The number of fused-ring (bicyclic) bond motifs is 2. The Hall–Kier alpha value is -1.95. The maximum atomic E-state index is 12.1. The standard InChI is InChI=1S/C15H15N3O2S/c19-14(16-8-11-7-9-3-4-10(11)6-9)15-17-13(18-20-15)12-2-1-5-21-12/h1-5,9-11H,6-8H2,(H,16,19)/t9-,10-,11-/m0/s1. The van der Waals surface area contributed by atoms with Crippen molar-refractivity contribution in [2.75, 3.05) is 6.54 Å². The maximum absolute atomic E-state index is 12.1. The summed E-state index contributed by atoms with van der Waals surface area (Å²) in [6.45, 7) is 0.682. The Morgan fingerprint density at radius 3 is 3.10 bits per heavy atom. The molecule has 0 aliphatic heterocycles. The van der Waals surface area contributed by atoms with Gasteiger partial charge in [-0.05, 0) is 42.0 Å². The van der Waals surface area contributed by atoms with Gasteiger partial charge in [0.15, 0.2) is 0 Å². The van der Waals surface area contributed by atoms with Crippen LogP contribution in [0.5, 0.6) is 0 Å². The van der Waals surface area contributed by atoms with Gasteiger partial charge in [-0.25, -0.2) is 0 Å². The molecular weight excluding hydrogens is 286 g/mol. The van der Waals surface area contributed by atoms with E-state index in [9.17, 15) is 4.79 Å². The van der Waals surface area contributed by atoms with Crippen molar-refractivity contribution in [3.8, 4) is 10.7 Å². The minimum atomic E-state index is -0.281. The van der Waals surface area contributed by atoms with Gasteiger partial charge < -0.3 is 9.84 Å². The second-order valence-corrected chi connectivity index (χ2v) is 6.60. The molecule has 0 spiro atoms. The molecule has 0 unspecified atom stereocenters. The lowest BCUT2D eigenvalue weighted by atomic mass is 9.94. The molecule has 3 atom stereocenters. The van der Waals surface area contributed by atoms with Crippen LogP contribution < -0.4 is 5.32 Å². The van der Waals surface area contributed by atoms with Gasteiger partial charge in [0.2, 0.25) is 5.82 Å². The van der Waals surface area contributed by atoms with E-state index in [0.29, 0.717) is 30.1 Å². The molecule has 2 aromatic heterocycles. The van der Waals surface area contributed by atoms with Crippen LogP contribution in [0.15, 0.2) is 34.2 Å². The fraction of sp³-hybridized carbons (Fsp3) is 0.400. The van der Waals surface area contributed by atoms with Crippen molar-refractivity contribution in [1.29, 1.82) is 0 Å². The summed E-state index contributed by atoms with van der Waals surface area (Å²) in [5.41, 5.74) is 0. The summed E-state index contributed by atoms with van der Waals surface area (Å²) in [5.74, 6) is 2.11. The molecule has 5 nitrogen and oxygen atoms in total. The molecule has 2 aromatic rings. The predicted molar refractivity (Wildman–Crippen MR) is 78.8 cm³/mol. The molecule has 1 amide bonds. The highest BCUT2D eigenvalue weighted by Crippen LogP contribution is 2.42. The lowest BCUT2D eigenvalue weighted by Gasteiger charge is -2.17. The van der Waals surface area contributed by atoms with Crippen molar-refractivity contribution in [1.82, 2.24) is 15.5 Å². The van der Waals surface area contributed by atoms with Crippen LogP contribution in [0.2, 0.25) is 0 Å². The molecule has 1 N–H and O–H groups in total. The molecule has 21 heavy (non-hydrogen) atoms. The zero-order valence-corrected chi connectivity index (χ0v) is 12.2. The monoisotopic (exact) mass is 301 g/mol. The summed E-state index contributed by atoms with van der Waals surface area (Å²) in [6, 6.07) is 3.82. The Balaban J connectivity index is 1.38. The number of amides is 1. The Kier molecular flexibility index (Phi) is 3.11. The molecule has 0 aromatic carbocycles. The van der Waals surface area contributed by atoms with E-state index in [1.54, 1.807) is 0 Å². The maximum Gasteiger partial charge on any atom is 0.316 e. The number of rotatable bonds is 4. The largest absolute Gasteiger partial charge is 0.348 e. The fourth-order valence-electron chi connectivity index (χ4n) is 3.25. The molecule has 6 heteroatoms. The first kappa shape index (κ1) is 12.8. The van der Waals surface area contributed by atoms with Crippen molar-refractivity contribution in [2.45, 2.75) is 12.8 Å². The smallest absolute Gasteiger partial charge is 0.316 e. The van der Waals surface area contributed by atoms with Crippen LogP contribution >= 0.6 is 11.3 Å². The first-order chi connectivity index (χ1) is 10.3. The van der Waals surface area contributed by atoms with E-state index in [2.05, 4.69) is 27.6 Å². The van der Waals surface area contributed by atoms with Gasteiger partial charge >= 0.3 is 11.8 Å². The second-order valence-electron chi connectivity index (χ2n) is 5.65. The van der Waals surface area contributed by atoms with Gasteiger partial charge in [0.05, 0.1) is 4.88 Å². The second kappa shape index (κ2) is 5.11. The number of carbonyl (C=O) groups is 1. The first-order valence-electron chi connectivity index (χ1n) is 7.13. The van der Waals surface area contributed by atoms with Gasteiger partial charge in [0.25, 0.3) is 0 Å². The van der Waals surface area contributed by atoms with Crippen LogP contribution in [0.25, 0.3) is 10.7 Å². The molecule has 0 radical (unpaired) electrons. The van der Waals surface area contributed by atoms with E-state index < -0.39 is 0 Å². The summed E-state index contributed by atoms with van der Waals surface area (Å²) < 4.78 is 5.05. The summed E-state index contributed by atoms with van der Waals surface area (Å²) in [5, 5.41) is 8.71. The number of allylic oxidation sites excluding steroid dienone is 2. The SMILES string of the molecule is O=C(NC[C@@H]1C[C@H]2C=C[C@H]1C2)c1nc(-c2cccs2)no1. The molecule has 2 aliphatic rings. The Bertz CT molecular complexity index is 677. The summed E-state index contributed by atoms with van der Waals surface area (Å²) in [7, 11) is 0. The van der Waals surface area contributed by atoms with Crippen molar-refractivity contribution < 1.29 is 9.32 Å². The number of thiophene rings is 1. The minimum Gasteiger partial charge on any atom is -0.348 e. The molecule has 2 aliphatic carbocycles. The van der Waals surface area contributed by atoms with Gasteiger partial charge in [-0.2, -0.15) is 4.98 Å². The molecule has 2 bridgehead atoms. The minimum absolute atomic E-state index is 0.0390. The van der Waals surface area contributed by atoms with E-state index in [-0.39, 0.29) is 11.8 Å². The number of hydrogen-bond acceptors (Lipinski definition) is 5. The highest BCUT2D eigenvalue weighted by atomic mass is 32.1. The topological polar surface area (TPSA) is 68.0 Å². The Morgan fingerprint density at radius 2 is 2.38 bits per heavy atom. The van der Waals surface area contributed by atoms with Gasteiger partial charge in [-0.15, -0.1) is 11.3 Å². The number of carbonyl (C=O) groups excluding carboxylic acids is 1. The van der Waals surface area contributed by atoms with Crippen molar-refractivity contribution in [2.24, 2.45) is 17.8 Å². The van der Waals surface area contributed by atoms with E-state index in [1.165, 1.54) is 24.2 Å². The van der Waals surface area contributed by atoms with Crippen LogP contribution in [0.1, 0.15) is 23.5 Å². The molecular formula is C15H15N3O2S. The fourth-order valence-corrected chi connectivity index (χ4v) is 3.90. The van der Waals surface area contributed by atoms with Crippen LogP contribution in [0, 0.1) is 17.8 Å². The lowest BCUT2D eigenvalue weighted by Crippen LogP contribution is -2.31. The Labute approximate surface area is 126 Å². The quantitative estimate of drug-likeness (QED) is 0.882. The molecule has 108 valence electrons. The predicted octanol–water partition coefficient (Wildman–Crippen LogP) is 2.74. The van der Waals surface area contributed by atoms with E-state index in [4.69, 9.17) is 4.52 Å². The lowest BCUT2D eigenvalue weighted by molar-refractivity contribution is 0.0901. The summed E-state index contributed by atoms with van der Waals surface area (Å²) in [6.07, 6.45) is 7.00. The number of aromatic nitrogens is 2. The third-order valence-corrected chi connectivity index (χ3v) is 5.17. The molecule has 1 saturated carbocycles. The van der Waals surface area contributed by atoms with E-state index in [0.717, 1.165) is 4.88 Å². The normalized spacial score (nSPS) is 26.4. The average Bonchev–Trinajstić information content (AvgIpc) is 3.28. The van der Waals surface area contributed by atoms with Crippen LogP contribution in [-0.4, -0.2) is 22.6 Å². The zero-order valence-electron chi connectivity index (χ0n) is 11.4. The van der Waals surface area contributed by atoms with E-state index in [1.807, 2.05) is 17.5 Å². The number of nitrogens with zero attached hydrogens (tertiary/aromatic N) is 2. The summed E-state index contributed by atoms with van der Waals surface area (Å²) >= 11 is 1.52. The highest BCUT2D eigenvalue weighted by Gasteiger charge is 2.35. The number of hydrogen-bond donors (Lipinski definition) is 1. The van der Waals surface area contributed by atoms with Crippen molar-refractivity contribution in [3.63, 3.8) is 0 Å².